The Bertz CT molecular complexity index is 738. The van der Waals surface area contributed by atoms with Gasteiger partial charge in [-0.3, -0.25) is 4.79 Å². The number of carbonyl (C=O) groups is 1. The van der Waals surface area contributed by atoms with Crippen molar-refractivity contribution < 1.29 is 9.21 Å². The maximum Gasteiger partial charge on any atom is 0.171 e. The molecule has 20 heavy (non-hydrogen) atoms. The third-order valence-corrected chi connectivity index (χ3v) is 3.48. The summed E-state index contributed by atoms with van der Waals surface area (Å²) in [5.74, 6) is 0.908. The lowest BCUT2D eigenvalue weighted by atomic mass is 9.99. The summed E-state index contributed by atoms with van der Waals surface area (Å²) in [5, 5.41) is 0.922. The molecule has 2 aromatic carbocycles. The van der Waals surface area contributed by atoms with Gasteiger partial charge in [-0.1, -0.05) is 55.5 Å². The lowest BCUT2D eigenvalue weighted by molar-refractivity contribution is 0.0992. The predicted octanol–water partition coefficient (Wildman–Crippen LogP) is 4.42. The molecule has 0 aliphatic carbocycles. The van der Waals surface area contributed by atoms with Crippen LogP contribution in [0.4, 0.5) is 0 Å². The molecule has 0 saturated carbocycles. The van der Waals surface area contributed by atoms with Crippen molar-refractivity contribution in [3.05, 3.63) is 71.5 Å². The molecule has 0 amide bonds. The number of furan rings is 1. The highest BCUT2D eigenvalue weighted by Gasteiger charge is 2.19. The second-order valence-electron chi connectivity index (χ2n) is 4.84. The molecule has 2 nitrogen and oxygen atoms in total. The van der Waals surface area contributed by atoms with Gasteiger partial charge in [-0.15, -0.1) is 0 Å². The summed E-state index contributed by atoms with van der Waals surface area (Å²) in [6, 6.07) is 17.6. The Balaban J connectivity index is 2.02. The Morgan fingerprint density at radius 1 is 1.00 bits per heavy atom. The third-order valence-electron chi connectivity index (χ3n) is 3.48. The number of Topliss-reactive ketones (excluding diaryl/α,β-unsaturated/α-hetero) is 1. The van der Waals surface area contributed by atoms with Crippen LogP contribution < -0.4 is 0 Å². The molecule has 3 aromatic rings. The van der Waals surface area contributed by atoms with Crippen LogP contribution in [0, 0.1) is 0 Å². The highest BCUT2D eigenvalue weighted by Crippen LogP contribution is 2.27. The van der Waals surface area contributed by atoms with Gasteiger partial charge in [0, 0.05) is 18.2 Å². The van der Waals surface area contributed by atoms with Crippen LogP contribution in [0.25, 0.3) is 11.0 Å². The SMILES string of the molecule is CCc1oc2ccccc2c1C(=O)Cc1ccccc1. The fourth-order valence-corrected chi connectivity index (χ4v) is 2.52. The molecule has 2 heteroatoms. The van der Waals surface area contributed by atoms with Crippen molar-refractivity contribution in [2.45, 2.75) is 19.8 Å². The number of ketones is 1. The van der Waals surface area contributed by atoms with Crippen LogP contribution >= 0.6 is 0 Å². The van der Waals surface area contributed by atoms with Gasteiger partial charge in [0.2, 0.25) is 0 Å². The van der Waals surface area contributed by atoms with E-state index in [9.17, 15) is 4.79 Å². The number of aryl methyl sites for hydroxylation is 1. The van der Waals surface area contributed by atoms with Crippen LogP contribution in [0.5, 0.6) is 0 Å². The number of fused-ring (bicyclic) bond motifs is 1. The van der Waals surface area contributed by atoms with Gasteiger partial charge in [0.1, 0.15) is 11.3 Å². The van der Waals surface area contributed by atoms with Gasteiger partial charge in [-0.25, -0.2) is 0 Å². The van der Waals surface area contributed by atoms with Crippen molar-refractivity contribution in [3.63, 3.8) is 0 Å². The molecule has 0 aliphatic rings. The summed E-state index contributed by atoms with van der Waals surface area (Å²) in [6.45, 7) is 2.01. The number of rotatable bonds is 4. The molecule has 0 saturated heterocycles. The standard InChI is InChI=1S/C18H16O2/c1-2-16-18(14-10-6-7-11-17(14)20-16)15(19)12-13-8-4-3-5-9-13/h3-11H,2,12H2,1H3. The molecular weight excluding hydrogens is 248 g/mol. The zero-order valence-electron chi connectivity index (χ0n) is 11.4. The maximum atomic E-state index is 12.6. The summed E-state index contributed by atoms with van der Waals surface area (Å²) in [6.07, 6.45) is 1.14. The fourth-order valence-electron chi connectivity index (χ4n) is 2.52. The average molecular weight is 264 g/mol. The van der Waals surface area contributed by atoms with Gasteiger partial charge in [0.15, 0.2) is 5.78 Å². The largest absolute Gasteiger partial charge is 0.460 e. The van der Waals surface area contributed by atoms with E-state index in [1.807, 2.05) is 61.5 Å². The monoisotopic (exact) mass is 264 g/mol. The van der Waals surface area contributed by atoms with Gasteiger partial charge >= 0.3 is 0 Å². The molecule has 0 aliphatic heterocycles. The number of carbonyl (C=O) groups excluding carboxylic acids is 1. The van der Waals surface area contributed by atoms with Crippen LogP contribution in [0.15, 0.2) is 59.0 Å². The van der Waals surface area contributed by atoms with Gasteiger partial charge in [-0.2, -0.15) is 0 Å². The summed E-state index contributed by atoms with van der Waals surface area (Å²) >= 11 is 0. The van der Waals surface area contributed by atoms with E-state index in [0.717, 1.165) is 34.3 Å². The highest BCUT2D eigenvalue weighted by molar-refractivity contribution is 6.09. The van der Waals surface area contributed by atoms with Crippen molar-refractivity contribution in [1.82, 2.24) is 0 Å². The van der Waals surface area contributed by atoms with Gasteiger partial charge in [-0.05, 0) is 11.6 Å². The molecule has 0 spiro atoms. The molecule has 0 N–H and O–H groups in total. The molecular formula is C18H16O2. The van der Waals surface area contributed by atoms with E-state index < -0.39 is 0 Å². The molecule has 0 unspecified atom stereocenters. The quantitative estimate of drug-likeness (QED) is 0.653. The Kier molecular flexibility index (Phi) is 3.38. The first-order valence-corrected chi connectivity index (χ1v) is 6.87. The maximum absolute atomic E-state index is 12.6. The second kappa shape index (κ2) is 5.33. The summed E-state index contributed by atoms with van der Waals surface area (Å²) in [5.41, 5.74) is 2.57. The van der Waals surface area contributed by atoms with Crippen molar-refractivity contribution in [2.75, 3.05) is 0 Å². The van der Waals surface area contributed by atoms with Crippen LogP contribution in [-0.2, 0) is 12.8 Å². The summed E-state index contributed by atoms with van der Waals surface area (Å²) in [7, 11) is 0. The van der Waals surface area contributed by atoms with Crippen LogP contribution in [-0.4, -0.2) is 5.78 Å². The van der Waals surface area contributed by atoms with Crippen molar-refractivity contribution in [3.8, 4) is 0 Å². The molecule has 3 rings (SSSR count). The van der Waals surface area contributed by atoms with Gasteiger partial charge in [0.25, 0.3) is 0 Å². The Morgan fingerprint density at radius 3 is 2.45 bits per heavy atom. The van der Waals surface area contributed by atoms with Crippen LogP contribution in [0.2, 0.25) is 0 Å². The van der Waals surface area contributed by atoms with Crippen molar-refractivity contribution >= 4 is 16.8 Å². The first kappa shape index (κ1) is 12.7. The molecule has 0 atom stereocenters. The summed E-state index contributed by atoms with van der Waals surface area (Å²) in [4.78, 5) is 12.6. The van der Waals surface area contributed by atoms with Crippen LogP contribution in [0.1, 0.15) is 28.6 Å². The lowest BCUT2D eigenvalue weighted by Gasteiger charge is -2.02. The number of benzene rings is 2. The zero-order chi connectivity index (χ0) is 13.9. The van der Waals surface area contributed by atoms with Gasteiger partial charge in [0.05, 0.1) is 5.56 Å². The molecule has 0 bridgehead atoms. The molecule has 1 aromatic heterocycles. The Hall–Kier alpha value is -2.35. The third kappa shape index (κ3) is 2.25. The first-order chi connectivity index (χ1) is 9.79. The van der Waals surface area contributed by atoms with E-state index >= 15 is 0 Å². The first-order valence-electron chi connectivity index (χ1n) is 6.87. The minimum absolute atomic E-state index is 0.123. The predicted molar refractivity (Wildman–Crippen MR) is 80.1 cm³/mol. The normalized spacial score (nSPS) is 10.8. The topological polar surface area (TPSA) is 30.2 Å². The van der Waals surface area contributed by atoms with E-state index in [1.165, 1.54) is 0 Å². The lowest BCUT2D eigenvalue weighted by Crippen LogP contribution is -2.05. The van der Waals surface area contributed by atoms with Crippen LogP contribution in [0.3, 0.4) is 0 Å². The smallest absolute Gasteiger partial charge is 0.171 e. The van der Waals surface area contributed by atoms with E-state index in [1.54, 1.807) is 0 Å². The molecule has 1 heterocycles. The van der Waals surface area contributed by atoms with E-state index in [4.69, 9.17) is 4.42 Å². The molecule has 100 valence electrons. The van der Waals surface area contributed by atoms with E-state index in [-0.39, 0.29) is 5.78 Å². The Labute approximate surface area is 118 Å². The number of hydrogen-bond acceptors (Lipinski definition) is 2. The van der Waals surface area contributed by atoms with E-state index in [2.05, 4.69) is 0 Å². The number of para-hydroxylation sites is 1. The number of hydrogen-bond donors (Lipinski definition) is 0. The zero-order valence-corrected chi connectivity index (χ0v) is 11.4. The average Bonchev–Trinajstić information content (AvgIpc) is 2.86. The highest BCUT2D eigenvalue weighted by atomic mass is 16.3. The van der Waals surface area contributed by atoms with Crippen molar-refractivity contribution in [1.29, 1.82) is 0 Å². The van der Waals surface area contributed by atoms with E-state index in [0.29, 0.717) is 6.42 Å². The molecule has 0 radical (unpaired) electrons. The second-order valence-corrected chi connectivity index (χ2v) is 4.84. The summed E-state index contributed by atoms with van der Waals surface area (Å²) < 4.78 is 5.79. The molecule has 0 fully saturated rings. The fraction of sp³-hybridized carbons (Fsp3) is 0.167. The van der Waals surface area contributed by atoms with Gasteiger partial charge < -0.3 is 4.42 Å². The minimum Gasteiger partial charge on any atom is -0.460 e. The Morgan fingerprint density at radius 2 is 1.70 bits per heavy atom. The van der Waals surface area contributed by atoms with Crippen molar-refractivity contribution in [2.24, 2.45) is 0 Å². The minimum atomic E-state index is 0.123.